The Labute approximate surface area is 197 Å². The third-order valence-corrected chi connectivity index (χ3v) is 8.17. The fourth-order valence-electron chi connectivity index (χ4n) is 7.79. The summed E-state index contributed by atoms with van der Waals surface area (Å²) in [5.41, 5.74) is 3.55. The molecule has 2 unspecified atom stereocenters. The SMILES string of the molecule is CCOc1cc(CNC23CC4CC(C)(CC(C)(C4)C2)C3)cc(Cl)c1OCc1ccccc1. The molecule has 4 heteroatoms. The van der Waals surface area contributed by atoms with Crippen LogP contribution in [0.5, 0.6) is 11.5 Å². The average Bonchev–Trinajstić information content (AvgIpc) is 2.70. The highest BCUT2D eigenvalue weighted by atomic mass is 35.5. The van der Waals surface area contributed by atoms with E-state index in [-0.39, 0.29) is 5.54 Å². The van der Waals surface area contributed by atoms with Crippen LogP contribution in [0.15, 0.2) is 42.5 Å². The van der Waals surface area contributed by atoms with E-state index in [9.17, 15) is 0 Å². The van der Waals surface area contributed by atoms with Crippen molar-refractivity contribution >= 4 is 11.6 Å². The standard InChI is InChI=1S/C28H36ClNO2/c1-4-31-24-11-21(10-23(29)25(24)32-16-20-8-6-5-7-9-20)15-30-28-14-22-12-26(2,18-28)17-27(3,13-22)19-28/h5-11,22,30H,4,12-19H2,1-3H3. The smallest absolute Gasteiger partial charge is 0.180 e. The van der Waals surface area contributed by atoms with E-state index in [1.807, 2.05) is 31.2 Å². The van der Waals surface area contributed by atoms with Gasteiger partial charge in [-0.3, -0.25) is 0 Å². The number of rotatable bonds is 8. The van der Waals surface area contributed by atoms with Crippen molar-refractivity contribution in [3.8, 4) is 11.5 Å². The second kappa shape index (κ2) is 8.25. The summed E-state index contributed by atoms with van der Waals surface area (Å²) in [6.45, 7) is 8.91. The van der Waals surface area contributed by atoms with Gasteiger partial charge in [-0.15, -0.1) is 0 Å². The molecule has 0 spiro atoms. The predicted molar refractivity (Wildman–Crippen MR) is 130 cm³/mol. The van der Waals surface area contributed by atoms with Gasteiger partial charge in [0.15, 0.2) is 11.5 Å². The normalized spacial score (nSPS) is 32.8. The molecule has 32 heavy (non-hydrogen) atoms. The van der Waals surface area contributed by atoms with Crippen LogP contribution in [-0.2, 0) is 13.2 Å². The highest BCUT2D eigenvalue weighted by Crippen LogP contribution is 2.66. The molecule has 1 N–H and O–H groups in total. The van der Waals surface area contributed by atoms with Crippen LogP contribution >= 0.6 is 11.6 Å². The van der Waals surface area contributed by atoms with Gasteiger partial charge in [0.1, 0.15) is 6.61 Å². The molecule has 0 amide bonds. The van der Waals surface area contributed by atoms with E-state index in [0.717, 1.165) is 29.3 Å². The molecular formula is C28H36ClNO2. The van der Waals surface area contributed by atoms with Crippen LogP contribution in [0.25, 0.3) is 0 Å². The second-order valence-electron chi connectivity index (χ2n) is 11.4. The first kappa shape index (κ1) is 22.1. The van der Waals surface area contributed by atoms with Crippen molar-refractivity contribution < 1.29 is 9.47 Å². The molecule has 4 bridgehead atoms. The summed E-state index contributed by atoms with van der Waals surface area (Å²) in [4.78, 5) is 0. The number of benzene rings is 2. The molecular weight excluding hydrogens is 418 g/mol. The van der Waals surface area contributed by atoms with Gasteiger partial charge in [-0.25, -0.2) is 0 Å². The number of halogens is 1. The quantitative estimate of drug-likeness (QED) is 0.460. The van der Waals surface area contributed by atoms with Crippen LogP contribution in [0.3, 0.4) is 0 Å². The minimum Gasteiger partial charge on any atom is -0.490 e. The monoisotopic (exact) mass is 453 g/mol. The molecule has 2 aromatic rings. The second-order valence-corrected chi connectivity index (χ2v) is 11.8. The lowest BCUT2D eigenvalue weighted by Gasteiger charge is -2.65. The van der Waals surface area contributed by atoms with Gasteiger partial charge in [0.2, 0.25) is 0 Å². The van der Waals surface area contributed by atoms with Gasteiger partial charge in [0.25, 0.3) is 0 Å². The molecule has 0 saturated heterocycles. The summed E-state index contributed by atoms with van der Waals surface area (Å²) in [6.07, 6.45) is 8.16. The summed E-state index contributed by atoms with van der Waals surface area (Å²) in [7, 11) is 0. The Hall–Kier alpha value is -1.71. The van der Waals surface area contributed by atoms with Gasteiger partial charge < -0.3 is 14.8 Å². The fraction of sp³-hybridized carbons (Fsp3) is 0.571. The van der Waals surface area contributed by atoms with E-state index in [4.69, 9.17) is 21.1 Å². The molecule has 3 nitrogen and oxygen atoms in total. The fourth-order valence-corrected chi connectivity index (χ4v) is 8.08. The van der Waals surface area contributed by atoms with Crippen molar-refractivity contribution in [2.45, 2.75) is 78.0 Å². The van der Waals surface area contributed by atoms with E-state index in [0.29, 0.717) is 34.8 Å². The first-order chi connectivity index (χ1) is 15.3. The molecule has 2 aromatic carbocycles. The lowest BCUT2D eigenvalue weighted by molar-refractivity contribution is -0.118. The highest BCUT2D eigenvalue weighted by Gasteiger charge is 2.59. The maximum Gasteiger partial charge on any atom is 0.180 e. The lowest BCUT2D eigenvalue weighted by Crippen LogP contribution is -2.63. The topological polar surface area (TPSA) is 30.5 Å². The Morgan fingerprint density at radius 1 is 0.938 bits per heavy atom. The molecule has 6 rings (SSSR count). The highest BCUT2D eigenvalue weighted by molar-refractivity contribution is 6.32. The van der Waals surface area contributed by atoms with Crippen molar-refractivity contribution in [2.75, 3.05) is 6.61 Å². The summed E-state index contributed by atoms with van der Waals surface area (Å²) in [6, 6.07) is 14.3. The van der Waals surface area contributed by atoms with Crippen LogP contribution in [0.4, 0.5) is 0 Å². The first-order valence-electron chi connectivity index (χ1n) is 12.2. The van der Waals surface area contributed by atoms with Gasteiger partial charge >= 0.3 is 0 Å². The van der Waals surface area contributed by atoms with E-state index in [1.54, 1.807) is 0 Å². The zero-order valence-electron chi connectivity index (χ0n) is 19.7. The molecule has 4 aliphatic rings. The van der Waals surface area contributed by atoms with Gasteiger partial charge in [-0.05, 0) is 85.5 Å². The molecule has 0 heterocycles. The summed E-state index contributed by atoms with van der Waals surface area (Å²) < 4.78 is 12.0. The van der Waals surface area contributed by atoms with Crippen LogP contribution in [0.1, 0.15) is 70.4 Å². The number of ether oxygens (including phenoxy) is 2. The lowest BCUT2D eigenvalue weighted by atomic mass is 9.43. The molecule has 0 aromatic heterocycles. The van der Waals surface area contributed by atoms with E-state index in [2.05, 4.69) is 37.4 Å². The Balaban J connectivity index is 1.32. The van der Waals surface area contributed by atoms with E-state index in [1.165, 1.54) is 38.5 Å². The van der Waals surface area contributed by atoms with Crippen LogP contribution in [0, 0.1) is 16.7 Å². The third-order valence-electron chi connectivity index (χ3n) is 7.89. The van der Waals surface area contributed by atoms with Crippen LogP contribution in [0.2, 0.25) is 5.02 Å². The van der Waals surface area contributed by atoms with Crippen molar-refractivity contribution in [1.82, 2.24) is 5.32 Å². The van der Waals surface area contributed by atoms with Gasteiger partial charge in [-0.2, -0.15) is 0 Å². The van der Waals surface area contributed by atoms with Gasteiger partial charge in [0, 0.05) is 12.1 Å². The number of hydrogen-bond acceptors (Lipinski definition) is 3. The minimum absolute atomic E-state index is 0.268. The summed E-state index contributed by atoms with van der Waals surface area (Å²) in [5.74, 6) is 2.25. The first-order valence-corrected chi connectivity index (χ1v) is 12.5. The molecule has 0 aliphatic heterocycles. The number of nitrogens with one attached hydrogen (secondary N) is 1. The summed E-state index contributed by atoms with van der Waals surface area (Å²) >= 11 is 6.70. The Morgan fingerprint density at radius 3 is 2.31 bits per heavy atom. The van der Waals surface area contributed by atoms with Crippen molar-refractivity contribution in [2.24, 2.45) is 16.7 Å². The van der Waals surface area contributed by atoms with Crippen molar-refractivity contribution in [3.05, 3.63) is 58.6 Å². The molecule has 0 radical (unpaired) electrons. The molecule has 4 saturated carbocycles. The predicted octanol–water partition coefficient (Wildman–Crippen LogP) is 7.16. The Morgan fingerprint density at radius 2 is 1.66 bits per heavy atom. The third kappa shape index (κ3) is 4.39. The number of hydrogen-bond donors (Lipinski definition) is 1. The maximum atomic E-state index is 6.70. The van der Waals surface area contributed by atoms with E-state index < -0.39 is 0 Å². The molecule has 2 atom stereocenters. The Kier molecular flexibility index (Phi) is 5.70. The van der Waals surface area contributed by atoms with Crippen LogP contribution < -0.4 is 14.8 Å². The summed E-state index contributed by atoms with van der Waals surface area (Å²) in [5, 5.41) is 4.63. The molecule has 4 fully saturated rings. The van der Waals surface area contributed by atoms with Gasteiger partial charge in [0.05, 0.1) is 11.6 Å². The van der Waals surface area contributed by atoms with Crippen molar-refractivity contribution in [1.29, 1.82) is 0 Å². The Bertz CT molecular complexity index is 957. The molecule has 172 valence electrons. The van der Waals surface area contributed by atoms with Crippen LogP contribution in [-0.4, -0.2) is 12.1 Å². The van der Waals surface area contributed by atoms with Crippen molar-refractivity contribution in [3.63, 3.8) is 0 Å². The van der Waals surface area contributed by atoms with Gasteiger partial charge in [-0.1, -0.05) is 55.8 Å². The zero-order valence-corrected chi connectivity index (χ0v) is 20.4. The molecule has 4 aliphatic carbocycles. The zero-order chi connectivity index (χ0) is 22.4. The maximum absolute atomic E-state index is 6.70. The largest absolute Gasteiger partial charge is 0.490 e. The van der Waals surface area contributed by atoms with E-state index >= 15 is 0 Å². The minimum atomic E-state index is 0.268. The average molecular weight is 454 g/mol.